The zero-order chi connectivity index (χ0) is 10.0. The van der Waals surface area contributed by atoms with Crippen molar-refractivity contribution in [3.63, 3.8) is 0 Å². The van der Waals surface area contributed by atoms with Crippen LogP contribution in [-0.2, 0) is 0 Å². The molecule has 0 aliphatic heterocycles. The van der Waals surface area contributed by atoms with Crippen molar-refractivity contribution in [2.24, 2.45) is 17.3 Å². The van der Waals surface area contributed by atoms with Crippen molar-refractivity contribution in [2.45, 2.75) is 52.4 Å². The molecule has 0 amide bonds. The zero-order valence-corrected chi connectivity index (χ0v) is 9.81. The summed E-state index contributed by atoms with van der Waals surface area (Å²) in [5.74, 6) is 2.09. The van der Waals surface area contributed by atoms with Gasteiger partial charge < -0.3 is 5.32 Å². The minimum absolute atomic E-state index is 0.646. The Morgan fingerprint density at radius 2 is 1.79 bits per heavy atom. The molecule has 0 saturated heterocycles. The van der Waals surface area contributed by atoms with E-state index in [1.54, 1.807) is 0 Å². The van der Waals surface area contributed by atoms with E-state index >= 15 is 0 Å². The van der Waals surface area contributed by atoms with Crippen LogP contribution in [0.5, 0.6) is 0 Å². The Bertz CT molecular complexity index is 182. The van der Waals surface area contributed by atoms with E-state index in [-0.39, 0.29) is 0 Å². The van der Waals surface area contributed by atoms with Crippen molar-refractivity contribution < 1.29 is 0 Å². The predicted molar refractivity (Wildman–Crippen MR) is 61.3 cm³/mol. The highest BCUT2D eigenvalue weighted by molar-refractivity contribution is 4.99. The fourth-order valence-corrected chi connectivity index (χ4v) is 2.97. The monoisotopic (exact) mass is 195 g/mol. The average Bonchev–Trinajstić information content (AvgIpc) is 2.83. The Morgan fingerprint density at radius 1 is 1.14 bits per heavy atom. The van der Waals surface area contributed by atoms with Crippen molar-refractivity contribution in [2.75, 3.05) is 13.1 Å². The Kier molecular flexibility index (Phi) is 3.16. The highest BCUT2D eigenvalue weighted by atomic mass is 14.9. The Morgan fingerprint density at radius 3 is 2.21 bits per heavy atom. The maximum absolute atomic E-state index is 3.65. The molecule has 1 nitrogen and oxygen atoms in total. The SMILES string of the molecule is CCCNCC(C)(C1CCC1)C1CC1. The molecule has 1 atom stereocenters. The van der Waals surface area contributed by atoms with E-state index < -0.39 is 0 Å². The van der Waals surface area contributed by atoms with Crippen LogP contribution in [0.3, 0.4) is 0 Å². The van der Waals surface area contributed by atoms with E-state index in [1.165, 1.54) is 51.6 Å². The fraction of sp³-hybridized carbons (Fsp3) is 1.00. The minimum atomic E-state index is 0.646. The topological polar surface area (TPSA) is 12.0 Å². The summed E-state index contributed by atoms with van der Waals surface area (Å²) in [5.41, 5.74) is 0.646. The first kappa shape index (κ1) is 10.5. The van der Waals surface area contributed by atoms with Gasteiger partial charge in [0, 0.05) is 6.54 Å². The van der Waals surface area contributed by atoms with Crippen LogP contribution >= 0.6 is 0 Å². The lowest BCUT2D eigenvalue weighted by molar-refractivity contribution is 0.0762. The molecule has 0 aromatic carbocycles. The van der Waals surface area contributed by atoms with Crippen molar-refractivity contribution >= 4 is 0 Å². The third-order valence-electron chi connectivity index (χ3n) is 4.48. The second kappa shape index (κ2) is 4.22. The molecule has 2 aliphatic rings. The summed E-state index contributed by atoms with van der Waals surface area (Å²) in [6.07, 6.45) is 8.76. The molecule has 14 heavy (non-hydrogen) atoms. The van der Waals surface area contributed by atoms with Crippen molar-refractivity contribution in [3.05, 3.63) is 0 Å². The van der Waals surface area contributed by atoms with E-state index in [0.717, 1.165) is 11.8 Å². The summed E-state index contributed by atoms with van der Waals surface area (Å²) in [4.78, 5) is 0. The molecule has 1 heteroatoms. The lowest BCUT2D eigenvalue weighted by Gasteiger charge is -2.44. The average molecular weight is 195 g/mol. The van der Waals surface area contributed by atoms with Gasteiger partial charge in [-0.3, -0.25) is 0 Å². The lowest BCUT2D eigenvalue weighted by atomic mass is 9.63. The maximum Gasteiger partial charge on any atom is 0.00105 e. The molecular weight excluding hydrogens is 170 g/mol. The van der Waals surface area contributed by atoms with Crippen LogP contribution in [0.15, 0.2) is 0 Å². The first-order valence-corrected chi connectivity index (χ1v) is 6.48. The van der Waals surface area contributed by atoms with Gasteiger partial charge in [0.25, 0.3) is 0 Å². The summed E-state index contributed by atoms with van der Waals surface area (Å²) in [7, 11) is 0. The summed E-state index contributed by atoms with van der Waals surface area (Å²) >= 11 is 0. The summed E-state index contributed by atoms with van der Waals surface area (Å²) in [5, 5.41) is 3.65. The van der Waals surface area contributed by atoms with Gasteiger partial charge in [0.1, 0.15) is 0 Å². The first-order valence-electron chi connectivity index (χ1n) is 6.48. The molecule has 0 spiro atoms. The van der Waals surface area contributed by atoms with Gasteiger partial charge in [0.05, 0.1) is 0 Å². The summed E-state index contributed by atoms with van der Waals surface area (Å²) in [6, 6.07) is 0. The highest BCUT2D eigenvalue weighted by Crippen LogP contribution is 2.54. The van der Waals surface area contributed by atoms with Gasteiger partial charge in [0.2, 0.25) is 0 Å². The van der Waals surface area contributed by atoms with E-state index in [4.69, 9.17) is 0 Å². The normalized spacial score (nSPS) is 27.0. The van der Waals surface area contributed by atoms with Crippen LogP contribution in [0, 0.1) is 17.3 Å². The van der Waals surface area contributed by atoms with Gasteiger partial charge in [-0.05, 0) is 55.9 Å². The number of hydrogen-bond acceptors (Lipinski definition) is 1. The molecule has 2 saturated carbocycles. The predicted octanol–water partition coefficient (Wildman–Crippen LogP) is 3.20. The second-order valence-corrected chi connectivity index (χ2v) is 5.58. The molecule has 82 valence electrons. The van der Waals surface area contributed by atoms with Gasteiger partial charge >= 0.3 is 0 Å². The smallest absolute Gasteiger partial charge is 0.00105 e. The van der Waals surface area contributed by atoms with Crippen LogP contribution in [0.1, 0.15) is 52.4 Å². The van der Waals surface area contributed by atoms with Crippen molar-refractivity contribution in [3.8, 4) is 0 Å². The Hall–Kier alpha value is -0.0400. The van der Waals surface area contributed by atoms with Crippen molar-refractivity contribution in [1.82, 2.24) is 5.32 Å². The summed E-state index contributed by atoms with van der Waals surface area (Å²) < 4.78 is 0. The first-order chi connectivity index (χ1) is 6.77. The van der Waals surface area contributed by atoms with Gasteiger partial charge in [-0.25, -0.2) is 0 Å². The van der Waals surface area contributed by atoms with Gasteiger partial charge in [0.15, 0.2) is 0 Å². The number of rotatable bonds is 6. The van der Waals surface area contributed by atoms with Crippen LogP contribution in [-0.4, -0.2) is 13.1 Å². The molecule has 1 unspecified atom stereocenters. The molecular formula is C13H25N. The third-order valence-corrected chi connectivity index (χ3v) is 4.48. The van der Waals surface area contributed by atoms with Crippen LogP contribution < -0.4 is 5.32 Å². The minimum Gasteiger partial charge on any atom is -0.316 e. The number of nitrogens with one attached hydrogen (secondary N) is 1. The van der Waals surface area contributed by atoms with E-state index in [0.29, 0.717) is 5.41 Å². The van der Waals surface area contributed by atoms with Crippen LogP contribution in [0.2, 0.25) is 0 Å². The van der Waals surface area contributed by atoms with Gasteiger partial charge in [-0.15, -0.1) is 0 Å². The molecule has 0 heterocycles. The molecule has 1 N–H and O–H groups in total. The fourth-order valence-electron chi connectivity index (χ4n) is 2.97. The van der Waals surface area contributed by atoms with Gasteiger partial charge in [-0.2, -0.15) is 0 Å². The molecule has 2 rings (SSSR count). The van der Waals surface area contributed by atoms with E-state index in [2.05, 4.69) is 19.2 Å². The summed E-state index contributed by atoms with van der Waals surface area (Å²) in [6.45, 7) is 7.27. The molecule has 0 aromatic rings. The van der Waals surface area contributed by atoms with E-state index in [1.807, 2.05) is 0 Å². The van der Waals surface area contributed by atoms with E-state index in [9.17, 15) is 0 Å². The quantitative estimate of drug-likeness (QED) is 0.642. The third kappa shape index (κ3) is 1.98. The standard InChI is InChI=1S/C13H25N/c1-3-9-14-10-13(2,12-7-8-12)11-5-4-6-11/h11-12,14H,3-10H2,1-2H3. The van der Waals surface area contributed by atoms with Crippen molar-refractivity contribution in [1.29, 1.82) is 0 Å². The Balaban J connectivity index is 1.84. The lowest BCUT2D eigenvalue weighted by Crippen LogP contribution is -2.43. The zero-order valence-electron chi connectivity index (χ0n) is 9.81. The number of hydrogen-bond donors (Lipinski definition) is 1. The molecule has 0 radical (unpaired) electrons. The Labute approximate surface area is 88.7 Å². The second-order valence-electron chi connectivity index (χ2n) is 5.58. The van der Waals surface area contributed by atoms with Gasteiger partial charge in [-0.1, -0.05) is 20.3 Å². The molecule has 2 aliphatic carbocycles. The molecule has 0 aromatic heterocycles. The molecule has 2 fully saturated rings. The van der Waals surface area contributed by atoms with Crippen LogP contribution in [0.25, 0.3) is 0 Å². The van der Waals surface area contributed by atoms with Crippen LogP contribution in [0.4, 0.5) is 0 Å². The maximum atomic E-state index is 3.65. The molecule has 0 bridgehead atoms. The largest absolute Gasteiger partial charge is 0.316 e. The highest BCUT2D eigenvalue weighted by Gasteiger charge is 2.47.